The van der Waals surface area contributed by atoms with E-state index in [0.29, 0.717) is 6.61 Å². The molecule has 4 bridgehead atoms. The Labute approximate surface area is 199 Å². The Bertz CT molecular complexity index is 520. The molecule has 0 aromatic carbocycles. The average molecular weight is 449 g/mol. The zero-order valence-electron chi connectivity index (χ0n) is 21.8. The molecule has 0 saturated heterocycles. The number of carbonyl (C=O) groups is 1. The monoisotopic (exact) mass is 448 g/mol. The summed E-state index contributed by atoms with van der Waals surface area (Å²) in [6, 6.07) is 0. The first-order valence-corrected chi connectivity index (χ1v) is 14.4. The standard InChI is InChI=1S/C29H54NO2/c1-4-5-6-7-8-9-10-11-12-13-14-15-16-30(2,3)17-18-32-28(31)29-22-25-19-26(23-29)21-27(20-25)24-29/h25-27H,4-24H2,1-3H3/q+1. The summed E-state index contributed by atoms with van der Waals surface area (Å²) >= 11 is 0. The van der Waals surface area contributed by atoms with Gasteiger partial charge in [0.25, 0.3) is 0 Å². The summed E-state index contributed by atoms with van der Waals surface area (Å²) in [6.45, 7) is 5.05. The molecule has 0 atom stereocenters. The maximum atomic E-state index is 13.0. The number of nitrogens with zero attached hydrogens (tertiary/aromatic N) is 1. The lowest BCUT2D eigenvalue weighted by molar-refractivity contribution is -0.890. The molecule has 0 radical (unpaired) electrons. The number of carbonyl (C=O) groups excluding carboxylic acids is 1. The van der Waals surface area contributed by atoms with E-state index in [-0.39, 0.29) is 11.4 Å². The van der Waals surface area contributed by atoms with Crippen LogP contribution < -0.4 is 0 Å². The van der Waals surface area contributed by atoms with Gasteiger partial charge in [-0.15, -0.1) is 0 Å². The summed E-state index contributed by atoms with van der Waals surface area (Å²) in [7, 11) is 4.61. The van der Waals surface area contributed by atoms with Crippen LogP contribution in [0.1, 0.15) is 122 Å². The molecule has 0 amide bonds. The lowest BCUT2D eigenvalue weighted by Gasteiger charge is -2.55. The summed E-state index contributed by atoms with van der Waals surface area (Å²) in [5, 5.41) is 0. The molecule has 32 heavy (non-hydrogen) atoms. The van der Waals surface area contributed by atoms with E-state index >= 15 is 0 Å². The Balaban J connectivity index is 1.19. The minimum atomic E-state index is -0.0958. The van der Waals surface area contributed by atoms with Crippen LogP contribution in [0.2, 0.25) is 0 Å². The fourth-order valence-corrected chi connectivity index (χ4v) is 7.39. The molecule has 3 nitrogen and oxygen atoms in total. The number of unbranched alkanes of at least 4 members (excludes halogenated alkanes) is 11. The van der Waals surface area contributed by atoms with E-state index in [1.807, 2.05) is 0 Å². The maximum Gasteiger partial charge on any atom is 0.312 e. The third kappa shape index (κ3) is 8.03. The van der Waals surface area contributed by atoms with E-state index in [1.54, 1.807) is 0 Å². The highest BCUT2D eigenvalue weighted by molar-refractivity contribution is 5.77. The largest absolute Gasteiger partial charge is 0.459 e. The van der Waals surface area contributed by atoms with Gasteiger partial charge in [-0.3, -0.25) is 4.79 Å². The van der Waals surface area contributed by atoms with E-state index in [9.17, 15) is 4.79 Å². The van der Waals surface area contributed by atoms with Crippen molar-refractivity contribution < 1.29 is 14.0 Å². The van der Waals surface area contributed by atoms with Crippen LogP contribution in [0.5, 0.6) is 0 Å². The summed E-state index contributed by atoms with van der Waals surface area (Å²) in [4.78, 5) is 13.0. The molecule has 0 aromatic rings. The summed E-state index contributed by atoms with van der Waals surface area (Å²) < 4.78 is 6.90. The quantitative estimate of drug-likeness (QED) is 0.131. The molecular weight excluding hydrogens is 394 g/mol. The first-order chi connectivity index (χ1) is 15.4. The van der Waals surface area contributed by atoms with E-state index in [1.165, 1.54) is 103 Å². The number of ether oxygens (including phenoxy) is 1. The van der Waals surface area contributed by atoms with E-state index in [2.05, 4.69) is 21.0 Å². The highest BCUT2D eigenvalue weighted by Crippen LogP contribution is 2.60. The zero-order valence-corrected chi connectivity index (χ0v) is 21.8. The number of hydrogen-bond donors (Lipinski definition) is 0. The van der Waals surface area contributed by atoms with Gasteiger partial charge < -0.3 is 9.22 Å². The van der Waals surface area contributed by atoms with Gasteiger partial charge in [-0.25, -0.2) is 0 Å². The molecule has 4 rings (SSSR count). The Morgan fingerprint density at radius 1 is 0.719 bits per heavy atom. The second-order valence-corrected chi connectivity index (χ2v) is 12.6. The fourth-order valence-electron chi connectivity index (χ4n) is 7.39. The highest BCUT2D eigenvalue weighted by Gasteiger charge is 2.55. The van der Waals surface area contributed by atoms with Gasteiger partial charge in [0.1, 0.15) is 13.2 Å². The van der Waals surface area contributed by atoms with Crippen LogP contribution in [0.4, 0.5) is 0 Å². The molecule has 0 aliphatic heterocycles. The maximum absolute atomic E-state index is 13.0. The number of likely N-dealkylation sites (N-methyl/N-ethyl adjacent to an activating group) is 1. The lowest BCUT2D eigenvalue weighted by Crippen LogP contribution is -2.51. The van der Waals surface area contributed by atoms with Gasteiger partial charge in [0, 0.05) is 0 Å². The third-order valence-corrected chi connectivity index (χ3v) is 9.02. The molecule has 3 heteroatoms. The second kappa shape index (κ2) is 12.8. The smallest absolute Gasteiger partial charge is 0.312 e. The molecule has 4 aliphatic carbocycles. The van der Waals surface area contributed by atoms with Crippen molar-refractivity contribution >= 4 is 5.97 Å². The van der Waals surface area contributed by atoms with Crippen LogP contribution in [-0.2, 0) is 9.53 Å². The van der Waals surface area contributed by atoms with Gasteiger partial charge in [0.2, 0.25) is 0 Å². The molecule has 0 spiro atoms. The van der Waals surface area contributed by atoms with Crippen molar-refractivity contribution in [3.05, 3.63) is 0 Å². The molecule has 0 heterocycles. The minimum Gasteiger partial charge on any atom is -0.459 e. The Kier molecular flexibility index (Phi) is 10.4. The molecule has 0 aromatic heterocycles. The van der Waals surface area contributed by atoms with Crippen LogP contribution in [0, 0.1) is 23.2 Å². The third-order valence-electron chi connectivity index (χ3n) is 9.02. The number of rotatable bonds is 17. The van der Waals surface area contributed by atoms with Crippen LogP contribution >= 0.6 is 0 Å². The number of esters is 1. The van der Waals surface area contributed by atoms with Crippen molar-refractivity contribution in [3.63, 3.8) is 0 Å². The fraction of sp³-hybridized carbons (Fsp3) is 0.966. The van der Waals surface area contributed by atoms with Crippen molar-refractivity contribution in [2.24, 2.45) is 23.2 Å². The molecule has 0 N–H and O–H groups in total. The zero-order chi connectivity index (χ0) is 22.9. The van der Waals surface area contributed by atoms with E-state index < -0.39 is 0 Å². The topological polar surface area (TPSA) is 26.3 Å². The van der Waals surface area contributed by atoms with Crippen LogP contribution in [0.25, 0.3) is 0 Å². The highest BCUT2D eigenvalue weighted by atomic mass is 16.5. The molecule has 0 unspecified atom stereocenters. The minimum absolute atomic E-state index is 0.0958. The Morgan fingerprint density at radius 3 is 1.62 bits per heavy atom. The number of hydrogen-bond acceptors (Lipinski definition) is 2. The van der Waals surface area contributed by atoms with E-state index in [4.69, 9.17) is 4.74 Å². The SMILES string of the molecule is CCCCCCCCCCCCCC[N+](C)(C)CCOC(=O)C12CC3CC(CC(C3)C1)C2. The van der Waals surface area contributed by atoms with Crippen LogP contribution in [0.3, 0.4) is 0 Å². The van der Waals surface area contributed by atoms with Gasteiger partial charge >= 0.3 is 5.97 Å². The van der Waals surface area contributed by atoms with Crippen molar-refractivity contribution in [1.82, 2.24) is 0 Å². The van der Waals surface area contributed by atoms with Crippen molar-refractivity contribution in [3.8, 4) is 0 Å². The Hall–Kier alpha value is -0.570. The first kappa shape index (κ1) is 26.0. The normalized spacial score (nSPS) is 28.9. The van der Waals surface area contributed by atoms with Crippen molar-refractivity contribution in [1.29, 1.82) is 0 Å². The predicted molar refractivity (Wildman–Crippen MR) is 134 cm³/mol. The van der Waals surface area contributed by atoms with Crippen molar-refractivity contribution in [2.45, 2.75) is 122 Å². The van der Waals surface area contributed by atoms with Gasteiger partial charge in [-0.2, -0.15) is 0 Å². The van der Waals surface area contributed by atoms with Gasteiger partial charge in [0.05, 0.1) is 26.1 Å². The molecule has 4 fully saturated rings. The lowest BCUT2D eigenvalue weighted by atomic mass is 9.49. The first-order valence-electron chi connectivity index (χ1n) is 14.4. The molecular formula is C29H54NO2+. The predicted octanol–water partition coefficient (Wildman–Crippen LogP) is 7.52. The summed E-state index contributed by atoms with van der Waals surface area (Å²) in [5.41, 5.74) is -0.0958. The molecule has 4 aliphatic rings. The summed E-state index contributed by atoms with van der Waals surface area (Å²) in [6.07, 6.45) is 24.3. The number of quaternary nitrogens is 1. The van der Waals surface area contributed by atoms with Gasteiger partial charge in [0.15, 0.2) is 0 Å². The van der Waals surface area contributed by atoms with Crippen LogP contribution in [-0.4, -0.2) is 44.2 Å². The van der Waals surface area contributed by atoms with Gasteiger partial charge in [-0.1, -0.05) is 71.1 Å². The van der Waals surface area contributed by atoms with E-state index in [0.717, 1.165) is 48.0 Å². The van der Waals surface area contributed by atoms with Crippen molar-refractivity contribution in [2.75, 3.05) is 33.8 Å². The Morgan fingerprint density at radius 2 is 1.16 bits per heavy atom. The summed E-state index contributed by atoms with van der Waals surface area (Å²) in [5.74, 6) is 2.59. The average Bonchev–Trinajstić information content (AvgIpc) is 2.73. The molecule has 4 saturated carbocycles. The van der Waals surface area contributed by atoms with Crippen LogP contribution in [0.15, 0.2) is 0 Å². The molecule has 186 valence electrons. The second-order valence-electron chi connectivity index (χ2n) is 12.6. The van der Waals surface area contributed by atoms with Gasteiger partial charge in [-0.05, 0) is 69.1 Å².